The van der Waals surface area contributed by atoms with Gasteiger partial charge in [-0.05, 0) is 26.7 Å². The Morgan fingerprint density at radius 2 is 2.44 bits per heavy atom. The highest BCUT2D eigenvalue weighted by atomic mass is 16.5. The number of carbonyl (C=O) groups excluding carboxylic acids is 1. The lowest BCUT2D eigenvalue weighted by Crippen LogP contribution is -2.41. The molecule has 0 spiro atoms. The van der Waals surface area contributed by atoms with Gasteiger partial charge >= 0.3 is 0 Å². The molecule has 6 heteroatoms. The maximum Gasteiger partial charge on any atom is 0.272 e. The van der Waals surface area contributed by atoms with Crippen molar-refractivity contribution < 1.29 is 9.53 Å². The summed E-state index contributed by atoms with van der Waals surface area (Å²) >= 11 is 0. The number of anilines is 1. The van der Waals surface area contributed by atoms with E-state index in [1.807, 2.05) is 13.8 Å². The Balaban J connectivity index is 2.12. The van der Waals surface area contributed by atoms with Crippen molar-refractivity contribution in [3.8, 4) is 0 Å². The summed E-state index contributed by atoms with van der Waals surface area (Å²) in [4.78, 5) is 12.2. The van der Waals surface area contributed by atoms with Crippen LogP contribution in [-0.4, -0.2) is 34.9 Å². The molecule has 0 saturated carbocycles. The summed E-state index contributed by atoms with van der Waals surface area (Å²) in [6.45, 7) is 5.72. The van der Waals surface area contributed by atoms with Crippen LogP contribution in [0.3, 0.4) is 0 Å². The van der Waals surface area contributed by atoms with Crippen molar-refractivity contribution in [1.82, 2.24) is 15.1 Å². The molecule has 0 aliphatic carbocycles. The van der Waals surface area contributed by atoms with Gasteiger partial charge in [0.05, 0.1) is 24.0 Å². The minimum Gasteiger partial charge on any atom is -0.395 e. The van der Waals surface area contributed by atoms with Crippen LogP contribution < -0.4 is 11.1 Å². The van der Waals surface area contributed by atoms with E-state index in [0.29, 0.717) is 30.2 Å². The van der Waals surface area contributed by atoms with Crippen LogP contribution in [0.5, 0.6) is 0 Å². The maximum absolute atomic E-state index is 12.2. The number of nitrogens with two attached hydrogens (primary N) is 1. The third kappa shape index (κ3) is 2.48. The average molecular weight is 252 g/mol. The third-order valence-electron chi connectivity index (χ3n) is 3.18. The van der Waals surface area contributed by atoms with Gasteiger partial charge < -0.3 is 15.8 Å². The highest BCUT2D eigenvalue weighted by Gasteiger charge is 2.22. The zero-order valence-corrected chi connectivity index (χ0v) is 10.9. The standard InChI is InChI=1S/C12H20N4O2/c1-3-16-11(10(13)8(2)15-16)12(17)14-9-5-4-6-18-7-9/h9H,3-7,13H2,1-2H3,(H,14,17). The summed E-state index contributed by atoms with van der Waals surface area (Å²) in [5.41, 5.74) is 7.53. The molecule has 2 heterocycles. The lowest BCUT2D eigenvalue weighted by atomic mass is 10.1. The number of aromatic nitrogens is 2. The van der Waals surface area contributed by atoms with E-state index in [9.17, 15) is 4.79 Å². The van der Waals surface area contributed by atoms with E-state index in [2.05, 4.69) is 10.4 Å². The monoisotopic (exact) mass is 252 g/mol. The minimum absolute atomic E-state index is 0.0752. The fraction of sp³-hybridized carbons (Fsp3) is 0.667. The van der Waals surface area contributed by atoms with Gasteiger partial charge in [-0.1, -0.05) is 0 Å². The van der Waals surface area contributed by atoms with E-state index >= 15 is 0 Å². The summed E-state index contributed by atoms with van der Waals surface area (Å²) < 4.78 is 6.99. The molecule has 1 aliphatic heterocycles. The number of carbonyl (C=O) groups is 1. The molecule has 100 valence electrons. The first kappa shape index (κ1) is 12.9. The number of nitrogens with zero attached hydrogens (tertiary/aromatic N) is 2. The summed E-state index contributed by atoms with van der Waals surface area (Å²) in [7, 11) is 0. The van der Waals surface area contributed by atoms with Crippen molar-refractivity contribution in [1.29, 1.82) is 0 Å². The summed E-state index contributed by atoms with van der Waals surface area (Å²) in [6.07, 6.45) is 1.93. The molecular weight excluding hydrogens is 232 g/mol. The van der Waals surface area contributed by atoms with Gasteiger partial charge in [-0.2, -0.15) is 5.10 Å². The molecule has 18 heavy (non-hydrogen) atoms. The van der Waals surface area contributed by atoms with Crippen LogP contribution in [0.1, 0.15) is 35.9 Å². The van der Waals surface area contributed by atoms with Gasteiger partial charge in [-0.3, -0.25) is 9.48 Å². The Labute approximate surface area is 106 Å². The summed E-state index contributed by atoms with van der Waals surface area (Å²) in [5, 5.41) is 7.20. The molecule has 1 aliphatic rings. The maximum atomic E-state index is 12.2. The molecule has 1 unspecified atom stereocenters. The van der Waals surface area contributed by atoms with Gasteiger partial charge in [0, 0.05) is 13.2 Å². The second-order valence-corrected chi connectivity index (χ2v) is 4.55. The molecule has 2 rings (SSSR count). The van der Waals surface area contributed by atoms with Crippen LogP contribution in [0.25, 0.3) is 0 Å². The van der Waals surface area contributed by atoms with Gasteiger partial charge in [0.1, 0.15) is 5.69 Å². The molecule has 1 saturated heterocycles. The molecule has 1 atom stereocenters. The zero-order chi connectivity index (χ0) is 13.1. The van der Waals surface area contributed by atoms with Crippen LogP contribution in [0.4, 0.5) is 5.69 Å². The second-order valence-electron chi connectivity index (χ2n) is 4.55. The van der Waals surface area contributed by atoms with Gasteiger partial charge in [-0.25, -0.2) is 0 Å². The predicted molar refractivity (Wildman–Crippen MR) is 68.4 cm³/mol. The Morgan fingerprint density at radius 1 is 1.67 bits per heavy atom. The molecule has 1 aromatic rings. The van der Waals surface area contributed by atoms with Crippen LogP contribution in [-0.2, 0) is 11.3 Å². The van der Waals surface area contributed by atoms with Crippen LogP contribution in [0.15, 0.2) is 0 Å². The first-order chi connectivity index (χ1) is 8.63. The third-order valence-corrected chi connectivity index (χ3v) is 3.18. The molecule has 1 aromatic heterocycles. The van der Waals surface area contributed by atoms with Crippen LogP contribution >= 0.6 is 0 Å². The number of hydrogen-bond donors (Lipinski definition) is 2. The molecule has 0 radical (unpaired) electrons. The zero-order valence-electron chi connectivity index (χ0n) is 10.9. The van der Waals surface area contributed by atoms with Gasteiger partial charge in [-0.15, -0.1) is 0 Å². The van der Waals surface area contributed by atoms with Crippen LogP contribution in [0, 0.1) is 6.92 Å². The molecule has 1 amide bonds. The van der Waals surface area contributed by atoms with Gasteiger partial charge in [0.2, 0.25) is 0 Å². The molecule has 0 aromatic carbocycles. The normalized spacial score (nSPS) is 19.8. The quantitative estimate of drug-likeness (QED) is 0.829. The Hall–Kier alpha value is -1.56. The molecule has 6 nitrogen and oxygen atoms in total. The number of hydrogen-bond acceptors (Lipinski definition) is 4. The van der Waals surface area contributed by atoms with E-state index in [-0.39, 0.29) is 11.9 Å². The fourth-order valence-corrected chi connectivity index (χ4v) is 2.17. The van der Waals surface area contributed by atoms with Crippen molar-refractivity contribution in [2.24, 2.45) is 0 Å². The van der Waals surface area contributed by atoms with Crippen molar-refractivity contribution in [3.63, 3.8) is 0 Å². The first-order valence-electron chi connectivity index (χ1n) is 6.35. The highest BCUT2D eigenvalue weighted by Crippen LogP contribution is 2.17. The van der Waals surface area contributed by atoms with E-state index in [1.165, 1.54) is 0 Å². The van der Waals surface area contributed by atoms with E-state index < -0.39 is 0 Å². The second kappa shape index (κ2) is 5.39. The molecule has 3 N–H and O–H groups in total. The van der Waals surface area contributed by atoms with E-state index in [4.69, 9.17) is 10.5 Å². The topological polar surface area (TPSA) is 82.2 Å². The highest BCUT2D eigenvalue weighted by molar-refractivity contribution is 5.98. The van der Waals surface area contributed by atoms with Crippen molar-refractivity contribution >= 4 is 11.6 Å². The Morgan fingerprint density at radius 3 is 3.06 bits per heavy atom. The number of rotatable bonds is 3. The van der Waals surface area contributed by atoms with Crippen LogP contribution in [0.2, 0.25) is 0 Å². The summed E-state index contributed by atoms with van der Waals surface area (Å²) in [5.74, 6) is -0.162. The van der Waals surface area contributed by atoms with Crippen molar-refractivity contribution in [2.45, 2.75) is 39.3 Å². The van der Waals surface area contributed by atoms with Gasteiger partial charge in [0.25, 0.3) is 5.91 Å². The number of amides is 1. The van der Waals surface area contributed by atoms with Crippen molar-refractivity contribution in [3.05, 3.63) is 11.4 Å². The first-order valence-corrected chi connectivity index (χ1v) is 6.35. The Kier molecular flexibility index (Phi) is 3.86. The fourth-order valence-electron chi connectivity index (χ4n) is 2.17. The summed E-state index contributed by atoms with van der Waals surface area (Å²) in [6, 6.07) is 0.0752. The number of nitrogens with one attached hydrogen (secondary N) is 1. The number of ether oxygens (including phenoxy) is 1. The smallest absolute Gasteiger partial charge is 0.272 e. The minimum atomic E-state index is -0.162. The van der Waals surface area contributed by atoms with E-state index in [0.717, 1.165) is 19.4 Å². The molecular formula is C12H20N4O2. The SMILES string of the molecule is CCn1nc(C)c(N)c1C(=O)NC1CCCOC1. The lowest BCUT2D eigenvalue weighted by Gasteiger charge is -2.23. The number of aryl methyl sites for hydroxylation is 2. The number of nitrogen functional groups attached to an aromatic ring is 1. The van der Waals surface area contributed by atoms with Gasteiger partial charge in [0.15, 0.2) is 0 Å². The predicted octanol–water partition coefficient (Wildman–Crippen LogP) is 0.702. The largest absolute Gasteiger partial charge is 0.395 e. The van der Waals surface area contributed by atoms with E-state index in [1.54, 1.807) is 4.68 Å². The Bertz CT molecular complexity index is 436. The lowest BCUT2D eigenvalue weighted by molar-refractivity contribution is 0.0620. The van der Waals surface area contributed by atoms with Crippen molar-refractivity contribution in [2.75, 3.05) is 18.9 Å². The molecule has 0 bridgehead atoms. The average Bonchev–Trinajstić information content (AvgIpc) is 2.66. The molecule has 1 fully saturated rings.